The molecule has 0 spiro atoms. The SMILES string of the molecule is CC/C=C\C/C=C\C/C=C\C/C=C\C/C=C\C/C=C\CCC(=O)OC(COC(=O)CCCCCCCCCCCCCCCCCCC)COP(=O)(O)OCC(CO)OC(=O)CCCCCCC/C=C\CCCC. The van der Waals surface area contributed by atoms with Gasteiger partial charge in [0, 0.05) is 19.3 Å². The number of unbranched alkanes of at least 4 members (excludes halogenated alkanes) is 23. The number of aliphatic hydroxyl groups excluding tert-OH is 1. The number of esters is 3. The second kappa shape index (κ2) is 55.9. The molecule has 74 heavy (non-hydrogen) atoms. The van der Waals surface area contributed by atoms with Crippen molar-refractivity contribution < 1.29 is 52.2 Å². The highest BCUT2D eigenvalue weighted by Gasteiger charge is 2.28. The van der Waals surface area contributed by atoms with Crippen LogP contribution in [0.3, 0.4) is 0 Å². The van der Waals surface area contributed by atoms with Gasteiger partial charge in [-0.1, -0.05) is 241 Å². The maximum atomic E-state index is 12.9. The highest BCUT2D eigenvalue weighted by Crippen LogP contribution is 2.43. The van der Waals surface area contributed by atoms with Gasteiger partial charge in [-0.25, -0.2) is 4.57 Å². The van der Waals surface area contributed by atoms with Gasteiger partial charge in [0.1, 0.15) is 12.7 Å². The van der Waals surface area contributed by atoms with E-state index in [1.165, 1.54) is 96.3 Å². The van der Waals surface area contributed by atoms with Crippen LogP contribution >= 0.6 is 7.82 Å². The molecule has 0 amide bonds. The van der Waals surface area contributed by atoms with E-state index in [1.54, 1.807) is 0 Å². The molecule has 0 aliphatic heterocycles. The van der Waals surface area contributed by atoms with Crippen molar-refractivity contribution in [3.05, 3.63) is 85.1 Å². The van der Waals surface area contributed by atoms with Crippen molar-refractivity contribution in [3.8, 4) is 0 Å². The summed E-state index contributed by atoms with van der Waals surface area (Å²) in [6, 6.07) is 0. The predicted molar refractivity (Wildman–Crippen MR) is 307 cm³/mol. The zero-order valence-corrected chi connectivity index (χ0v) is 47.9. The van der Waals surface area contributed by atoms with Crippen LogP contribution in [-0.4, -0.2) is 66.5 Å². The molecular weight excluding hydrogens is 952 g/mol. The number of ether oxygens (including phenoxy) is 3. The number of rotatable bonds is 54. The molecule has 11 nitrogen and oxygen atoms in total. The van der Waals surface area contributed by atoms with E-state index in [1.807, 2.05) is 12.2 Å². The van der Waals surface area contributed by atoms with E-state index in [2.05, 4.69) is 93.7 Å². The van der Waals surface area contributed by atoms with Crippen molar-refractivity contribution >= 4 is 25.7 Å². The van der Waals surface area contributed by atoms with E-state index in [0.29, 0.717) is 25.7 Å². The number of carbonyl (C=O) groups is 3. The first kappa shape index (κ1) is 70.7. The largest absolute Gasteiger partial charge is 0.472 e. The topological polar surface area (TPSA) is 155 Å². The van der Waals surface area contributed by atoms with E-state index in [-0.39, 0.29) is 25.9 Å². The number of hydrogen-bond acceptors (Lipinski definition) is 10. The van der Waals surface area contributed by atoms with Gasteiger partial charge in [-0.05, 0) is 77.0 Å². The van der Waals surface area contributed by atoms with Crippen LogP contribution in [0.4, 0.5) is 0 Å². The summed E-state index contributed by atoms with van der Waals surface area (Å²) in [6.07, 6.45) is 64.2. The molecule has 3 atom stereocenters. The van der Waals surface area contributed by atoms with Crippen LogP contribution in [0.1, 0.15) is 252 Å². The fourth-order valence-corrected chi connectivity index (χ4v) is 8.62. The van der Waals surface area contributed by atoms with E-state index in [9.17, 15) is 28.9 Å². The van der Waals surface area contributed by atoms with Crippen LogP contribution in [0.2, 0.25) is 0 Å². The second-order valence-electron chi connectivity index (χ2n) is 19.4. The first-order valence-corrected chi connectivity index (χ1v) is 31.0. The van der Waals surface area contributed by atoms with Crippen molar-refractivity contribution in [2.75, 3.05) is 26.4 Å². The minimum Gasteiger partial charge on any atom is -0.462 e. The minimum absolute atomic E-state index is 0.0412. The molecule has 426 valence electrons. The van der Waals surface area contributed by atoms with Gasteiger partial charge in [-0.3, -0.25) is 23.4 Å². The van der Waals surface area contributed by atoms with Gasteiger partial charge in [0.05, 0.1) is 19.8 Å². The summed E-state index contributed by atoms with van der Waals surface area (Å²) in [5, 5.41) is 9.79. The maximum absolute atomic E-state index is 12.9. The molecule has 0 heterocycles. The summed E-state index contributed by atoms with van der Waals surface area (Å²) in [6.45, 7) is 4.41. The third-order valence-corrected chi connectivity index (χ3v) is 13.3. The van der Waals surface area contributed by atoms with Crippen molar-refractivity contribution in [2.24, 2.45) is 0 Å². The fraction of sp³-hybridized carbons (Fsp3) is 0.726. The predicted octanol–water partition coefficient (Wildman–Crippen LogP) is 17.5. The molecule has 0 bridgehead atoms. The molecular formula is C62H107O11P. The van der Waals surface area contributed by atoms with Crippen molar-refractivity contribution in [2.45, 2.75) is 264 Å². The zero-order chi connectivity index (χ0) is 54.1. The Morgan fingerprint density at radius 1 is 0.392 bits per heavy atom. The third kappa shape index (κ3) is 53.5. The number of carbonyl (C=O) groups excluding carboxylic acids is 3. The Bertz CT molecular complexity index is 1560. The van der Waals surface area contributed by atoms with E-state index < -0.39 is 57.8 Å². The van der Waals surface area contributed by atoms with Crippen molar-refractivity contribution in [3.63, 3.8) is 0 Å². The van der Waals surface area contributed by atoms with E-state index in [0.717, 1.165) is 89.9 Å². The van der Waals surface area contributed by atoms with Gasteiger partial charge < -0.3 is 24.2 Å². The molecule has 12 heteroatoms. The first-order valence-electron chi connectivity index (χ1n) is 29.5. The van der Waals surface area contributed by atoms with Gasteiger partial charge >= 0.3 is 25.7 Å². The minimum atomic E-state index is -4.77. The lowest BCUT2D eigenvalue weighted by Crippen LogP contribution is -2.30. The number of hydrogen-bond donors (Lipinski definition) is 2. The molecule has 2 N–H and O–H groups in total. The van der Waals surface area contributed by atoms with Crippen LogP contribution in [0.15, 0.2) is 85.1 Å². The zero-order valence-electron chi connectivity index (χ0n) is 47.0. The van der Waals surface area contributed by atoms with E-state index >= 15 is 0 Å². The molecule has 0 fully saturated rings. The lowest BCUT2D eigenvalue weighted by atomic mass is 10.0. The summed E-state index contributed by atoms with van der Waals surface area (Å²) in [7, 11) is -4.77. The fourth-order valence-electron chi connectivity index (χ4n) is 7.83. The molecule has 0 aliphatic carbocycles. The summed E-state index contributed by atoms with van der Waals surface area (Å²) >= 11 is 0. The normalized spacial score (nSPS) is 14.0. The van der Waals surface area contributed by atoms with Gasteiger partial charge in [0.2, 0.25) is 0 Å². The average Bonchev–Trinajstić information content (AvgIpc) is 3.39. The molecule has 0 rings (SSSR count). The molecule has 0 aromatic heterocycles. The van der Waals surface area contributed by atoms with Crippen LogP contribution in [0.5, 0.6) is 0 Å². The number of aliphatic hydroxyl groups is 1. The van der Waals surface area contributed by atoms with Gasteiger partial charge in [0.15, 0.2) is 6.10 Å². The van der Waals surface area contributed by atoms with Crippen LogP contribution in [0, 0.1) is 0 Å². The third-order valence-electron chi connectivity index (χ3n) is 12.3. The molecule has 0 aromatic carbocycles. The van der Waals surface area contributed by atoms with Crippen molar-refractivity contribution in [1.29, 1.82) is 0 Å². The molecule has 0 aliphatic rings. The highest BCUT2D eigenvalue weighted by atomic mass is 31.2. The van der Waals surface area contributed by atoms with Crippen LogP contribution < -0.4 is 0 Å². The summed E-state index contributed by atoms with van der Waals surface area (Å²) in [4.78, 5) is 48.5. The Balaban J connectivity index is 4.83. The molecule has 0 radical (unpaired) electrons. The average molecular weight is 1060 g/mol. The Morgan fingerprint density at radius 2 is 0.743 bits per heavy atom. The van der Waals surface area contributed by atoms with Crippen molar-refractivity contribution in [1.82, 2.24) is 0 Å². The lowest BCUT2D eigenvalue weighted by molar-refractivity contribution is -0.161. The van der Waals surface area contributed by atoms with Gasteiger partial charge in [-0.2, -0.15) is 0 Å². The number of allylic oxidation sites excluding steroid dienone is 14. The summed E-state index contributed by atoms with van der Waals surface area (Å²) < 4.78 is 39.4. The highest BCUT2D eigenvalue weighted by molar-refractivity contribution is 7.47. The van der Waals surface area contributed by atoms with Crippen LogP contribution in [-0.2, 0) is 42.2 Å². The van der Waals surface area contributed by atoms with Gasteiger partial charge in [0.25, 0.3) is 0 Å². The Morgan fingerprint density at radius 3 is 1.20 bits per heavy atom. The Labute approximate surface area is 451 Å². The van der Waals surface area contributed by atoms with Crippen LogP contribution in [0.25, 0.3) is 0 Å². The van der Waals surface area contributed by atoms with Gasteiger partial charge in [-0.15, -0.1) is 0 Å². The van der Waals surface area contributed by atoms with E-state index in [4.69, 9.17) is 23.3 Å². The summed E-state index contributed by atoms with van der Waals surface area (Å²) in [5.74, 6) is -1.57. The standard InChI is InChI=1S/C62H107O11P/c1-4-7-10-13-16-19-22-24-26-28-29-31-33-35-38-41-44-47-50-53-62(66)73-59(55-69-60(64)51-48-45-42-39-37-34-32-30-27-25-23-20-17-14-11-8-5-2)57-71-74(67,68)70-56-58(54-63)72-61(65)52-49-46-43-40-36-21-18-15-12-9-6-3/h7,10,15-16,18-19,24,26,29,31,35,38,44,47,58-59,63H,4-6,8-9,11-14,17,20-23,25,27-28,30,32-34,36-37,39-43,45-46,48-57H2,1-3H3,(H,67,68)/b10-7-,18-15-,19-16-,26-24-,31-29-,38-35-,47-44-. The molecule has 0 aromatic rings. The first-order chi connectivity index (χ1) is 36.2. The quantitative estimate of drug-likeness (QED) is 0.0197. The maximum Gasteiger partial charge on any atom is 0.472 e. The Hall–Kier alpha value is -3.34. The Kier molecular flexibility index (Phi) is 53.4. The monoisotopic (exact) mass is 1060 g/mol. The smallest absolute Gasteiger partial charge is 0.462 e. The number of phosphoric ester groups is 1. The summed E-state index contributed by atoms with van der Waals surface area (Å²) in [5.41, 5.74) is 0. The second-order valence-corrected chi connectivity index (χ2v) is 20.9. The molecule has 0 saturated carbocycles. The lowest BCUT2D eigenvalue weighted by Gasteiger charge is -2.21. The molecule has 3 unspecified atom stereocenters. The number of phosphoric acid groups is 1. The molecule has 0 saturated heterocycles.